The third-order valence-corrected chi connectivity index (χ3v) is 4.59. The van der Waals surface area contributed by atoms with E-state index < -0.39 is 12.1 Å². The van der Waals surface area contributed by atoms with E-state index in [1.807, 2.05) is 0 Å². The molecule has 1 aliphatic rings. The van der Waals surface area contributed by atoms with Crippen LogP contribution in [0, 0.1) is 5.92 Å². The van der Waals surface area contributed by atoms with Gasteiger partial charge < -0.3 is 25.1 Å². The van der Waals surface area contributed by atoms with Crippen molar-refractivity contribution < 1.29 is 19.3 Å². The first kappa shape index (κ1) is 19.9. The minimum Gasteiger partial charge on any atom is -0.496 e. The monoisotopic (exact) mass is 345 g/mol. The minimum absolute atomic E-state index is 0. The molecule has 6 heteroatoms. The van der Waals surface area contributed by atoms with Gasteiger partial charge in [-0.2, -0.15) is 0 Å². The molecule has 3 N–H and O–H groups in total. The first-order chi connectivity index (χ1) is 10.6. The lowest BCUT2D eigenvalue weighted by molar-refractivity contribution is 0.0603. The van der Waals surface area contributed by atoms with Gasteiger partial charge in [-0.3, -0.25) is 0 Å². The van der Waals surface area contributed by atoms with Crippen LogP contribution in [0.25, 0.3) is 0 Å². The molecular weight excluding hydrogens is 318 g/mol. The van der Waals surface area contributed by atoms with Gasteiger partial charge in [0.05, 0.1) is 39.0 Å². The summed E-state index contributed by atoms with van der Waals surface area (Å²) in [6.45, 7) is 0. The van der Waals surface area contributed by atoms with E-state index in [9.17, 15) is 5.11 Å². The second-order valence-electron chi connectivity index (χ2n) is 5.86. The van der Waals surface area contributed by atoms with Gasteiger partial charge in [0.25, 0.3) is 0 Å². The lowest BCUT2D eigenvalue weighted by Gasteiger charge is -2.31. The average Bonchev–Trinajstić information content (AvgIpc) is 2.59. The fourth-order valence-electron chi connectivity index (χ4n) is 3.30. The molecule has 0 unspecified atom stereocenters. The van der Waals surface area contributed by atoms with E-state index in [1.165, 1.54) is 6.42 Å². The molecule has 1 aromatic rings. The van der Waals surface area contributed by atoms with Crippen LogP contribution in [0.15, 0.2) is 12.1 Å². The highest BCUT2D eigenvalue weighted by molar-refractivity contribution is 5.85. The fourth-order valence-corrected chi connectivity index (χ4v) is 3.30. The second kappa shape index (κ2) is 9.21. The molecule has 5 nitrogen and oxygen atoms in total. The van der Waals surface area contributed by atoms with E-state index in [4.69, 9.17) is 19.9 Å². The highest BCUT2D eigenvalue weighted by Gasteiger charge is 2.31. The van der Waals surface area contributed by atoms with E-state index in [1.54, 1.807) is 33.5 Å². The van der Waals surface area contributed by atoms with Crippen LogP contribution in [0.1, 0.15) is 43.7 Å². The van der Waals surface area contributed by atoms with Crippen molar-refractivity contribution >= 4 is 12.4 Å². The van der Waals surface area contributed by atoms with E-state index in [0.717, 1.165) is 25.7 Å². The number of aliphatic hydroxyl groups is 1. The van der Waals surface area contributed by atoms with Crippen LogP contribution < -0.4 is 19.9 Å². The number of aliphatic hydroxyl groups excluding tert-OH is 1. The van der Waals surface area contributed by atoms with Crippen molar-refractivity contribution in [2.75, 3.05) is 21.3 Å². The summed E-state index contributed by atoms with van der Waals surface area (Å²) in [4.78, 5) is 0. The topological polar surface area (TPSA) is 73.9 Å². The van der Waals surface area contributed by atoms with E-state index in [-0.39, 0.29) is 18.3 Å². The zero-order chi connectivity index (χ0) is 16.1. The van der Waals surface area contributed by atoms with Crippen LogP contribution >= 0.6 is 12.4 Å². The first-order valence-electron chi connectivity index (χ1n) is 7.86. The van der Waals surface area contributed by atoms with Gasteiger partial charge in [-0.15, -0.1) is 12.4 Å². The number of hydrogen-bond donors (Lipinski definition) is 2. The van der Waals surface area contributed by atoms with Gasteiger partial charge in [-0.05, 0) is 18.8 Å². The summed E-state index contributed by atoms with van der Waals surface area (Å²) >= 11 is 0. The van der Waals surface area contributed by atoms with Crippen LogP contribution in [0.4, 0.5) is 0 Å². The zero-order valence-corrected chi connectivity index (χ0v) is 14.9. The van der Waals surface area contributed by atoms with Crippen molar-refractivity contribution in [2.45, 2.75) is 44.2 Å². The molecule has 0 heterocycles. The lowest BCUT2D eigenvalue weighted by Crippen LogP contribution is -2.34. The molecule has 132 valence electrons. The van der Waals surface area contributed by atoms with E-state index >= 15 is 0 Å². The Hall–Kier alpha value is -1.17. The van der Waals surface area contributed by atoms with Gasteiger partial charge in [-0.1, -0.05) is 19.3 Å². The maximum atomic E-state index is 10.7. The van der Waals surface area contributed by atoms with E-state index in [2.05, 4.69) is 0 Å². The number of methoxy groups -OCH3 is 3. The summed E-state index contributed by atoms with van der Waals surface area (Å²) in [6, 6.07) is 3.00. The molecule has 0 radical (unpaired) electrons. The Kier molecular flexibility index (Phi) is 7.95. The lowest BCUT2D eigenvalue weighted by atomic mass is 9.81. The molecule has 2 atom stereocenters. The second-order valence-corrected chi connectivity index (χ2v) is 5.86. The normalized spacial score (nSPS) is 17.8. The van der Waals surface area contributed by atoms with Crippen LogP contribution in [-0.4, -0.2) is 32.5 Å². The van der Waals surface area contributed by atoms with Crippen LogP contribution in [0.2, 0.25) is 0 Å². The van der Waals surface area contributed by atoms with Gasteiger partial charge in [0.15, 0.2) is 0 Å². The molecule has 23 heavy (non-hydrogen) atoms. The number of ether oxygens (including phenoxy) is 3. The van der Waals surface area contributed by atoms with Gasteiger partial charge in [0, 0.05) is 12.1 Å². The Labute approximate surface area is 144 Å². The Morgan fingerprint density at radius 1 is 1.00 bits per heavy atom. The zero-order valence-electron chi connectivity index (χ0n) is 14.1. The predicted molar refractivity (Wildman–Crippen MR) is 92.9 cm³/mol. The quantitative estimate of drug-likeness (QED) is 0.828. The standard InChI is InChI=1S/C17H27NO4.ClH/c1-20-12-9-13(21-2)15(14(10-12)22-3)16(18)17(19)11-7-5-4-6-8-11;/h9-11,16-17,19H,4-8,18H2,1-3H3;1H/t16-,17+;/m1./s1. The Morgan fingerprint density at radius 2 is 1.52 bits per heavy atom. The number of halogens is 1. The van der Waals surface area contributed by atoms with Crippen molar-refractivity contribution in [3.8, 4) is 17.2 Å². The summed E-state index contributed by atoms with van der Waals surface area (Å²) in [6.07, 6.45) is 5.01. The molecule has 1 aliphatic carbocycles. The first-order valence-corrected chi connectivity index (χ1v) is 7.86. The SMILES string of the molecule is COc1cc(OC)c([C@@H](N)[C@@H](O)C2CCCCC2)c(OC)c1.Cl. The van der Waals surface area contributed by atoms with Crippen molar-refractivity contribution in [1.82, 2.24) is 0 Å². The van der Waals surface area contributed by atoms with Gasteiger partial charge in [0.1, 0.15) is 17.2 Å². The molecule has 0 aromatic heterocycles. The van der Waals surface area contributed by atoms with Gasteiger partial charge in [-0.25, -0.2) is 0 Å². The number of hydrogen-bond acceptors (Lipinski definition) is 5. The van der Waals surface area contributed by atoms with Crippen LogP contribution in [-0.2, 0) is 0 Å². The Balaban J connectivity index is 0.00000264. The molecule has 1 fully saturated rings. The Morgan fingerprint density at radius 3 is 1.96 bits per heavy atom. The molecule has 0 amide bonds. The number of benzene rings is 1. The fraction of sp³-hybridized carbons (Fsp3) is 0.647. The highest BCUT2D eigenvalue weighted by atomic mass is 35.5. The summed E-state index contributed by atoms with van der Waals surface area (Å²) in [5.41, 5.74) is 7.06. The maximum Gasteiger partial charge on any atom is 0.131 e. The summed E-state index contributed by atoms with van der Waals surface area (Å²) in [5, 5.41) is 10.7. The summed E-state index contributed by atoms with van der Waals surface area (Å²) < 4.78 is 16.1. The van der Waals surface area contributed by atoms with E-state index in [0.29, 0.717) is 22.8 Å². The molecule has 1 aromatic carbocycles. The minimum atomic E-state index is -0.600. The van der Waals surface area contributed by atoms with Gasteiger partial charge in [0.2, 0.25) is 0 Å². The van der Waals surface area contributed by atoms with Gasteiger partial charge >= 0.3 is 0 Å². The molecule has 0 aliphatic heterocycles. The maximum absolute atomic E-state index is 10.7. The predicted octanol–water partition coefficient (Wildman–Crippen LogP) is 3.08. The van der Waals surface area contributed by atoms with Crippen molar-refractivity contribution in [1.29, 1.82) is 0 Å². The third kappa shape index (κ3) is 4.43. The molecule has 2 rings (SSSR count). The van der Waals surface area contributed by atoms with Crippen molar-refractivity contribution in [2.24, 2.45) is 11.7 Å². The third-order valence-electron chi connectivity index (χ3n) is 4.59. The number of rotatable bonds is 6. The molecule has 0 bridgehead atoms. The smallest absolute Gasteiger partial charge is 0.131 e. The number of nitrogens with two attached hydrogens (primary N) is 1. The van der Waals surface area contributed by atoms with Crippen LogP contribution in [0.5, 0.6) is 17.2 Å². The highest BCUT2D eigenvalue weighted by Crippen LogP contribution is 2.41. The molecular formula is C17H28ClNO4. The van der Waals surface area contributed by atoms with Crippen molar-refractivity contribution in [3.63, 3.8) is 0 Å². The Bertz CT molecular complexity index is 466. The summed E-state index contributed by atoms with van der Waals surface area (Å²) in [5.74, 6) is 2.04. The van der Waals surface area contributed by atoms with Crippen molar-refractivity contribution in [3.05, 3.63) is 17.7 Å². The van der Waals surface area contributed by atoms with Crippen LogP contribution in [0.3, 0.4) is 0 Å². The molecule has 1 saturated carbocycles. The molecule has 0 saturated heterocycles. The summed E-state index contributed by atoms with van der Waals surface area (Å²) in [7, 11) is 4.75. The molecule has 0 spiro atoms. The largest absolute Gasteiger partial charge is 0.496 e. The average molecular weight is 346 g/mol.